The molecule has 1 aromatic carbocycles. The summed E-state index contributed by atoms with van der Waals surface area (Å²) in [5.74, 6) is 0. The number of thiophene rings is 1. The first kappa shape index (κ1) is 14.5. The van der Waals surface area contributed by atoms with Crippen LogP contribution < -0.4 is 3.74 Å². The minimum absolute atomic E-state index is 0.537. The van der Waals surface area contributed by atoms with Crippen LogP contribution in [0.2, 0.25) is 0 Å². The summed E-state index contributed by atoms with van der Waals surface area (Å²) in [5, 5.41) is 0.537. The third-order valence-electron chi connectivity index (χ3n) is 3.75. The van der Waals surface area contributed by atoms with Crippen LogP contribution >= 0.6 is 34.8 Å². The Morgan fingerprint density at radius 3 is 2.62 bits per heavy atom. The Bertz CT molecular complexity index is 853. The lowest BCUT2D eigenvalue weighted by Gasteiger charge is -2.11. The molecule has 1 aliphatic heterocycles. The summed E-state index contributed by atoms with van der Waals surface area (Å²) in [6, 6.07) is 8.98. The SMILES string of the molecule is [AlH2][C]1=CCC(c2ccc(-c3cc[c]([AlH2])s3)c3nsnc23)S1. The largest absolute Gasteiger partial charge is 0.275 e. The molecule has 4 rings (SSSR count). The average Bonchev–Trinajstić information content (AvgIpc) is 3.18. The standard InChI is InChI=1S/C14H8N2S3.2Al.4H/c1-3-11(17-7-1)9-5-6-10(12-4-2-8-18-12)14-13(9)15-19-16-14;;;;;;/h1-3,5-6,12H,4H2;;;;;;. The summed E-state index contributed by atoms with van der Waals surface area (Å²) in [5.41, 5.74) is 4.81. The van der Waals surface area contributed by atoms with E-state index in [1.54, 1.807) is 3.77 Å². The second kappa shape index (κ2) is 5.83. The van der Waals surface area contributed by atoms with Crippen LogP contribution in [0.5, 0.6) is 0 Å². The molecule has 2 aromatic heterocycles. The minimum Gasteiger partial charge on any atom is -0.173 e. The Morgan fingerprint density at radius 2 is 1.90 bits per heavy atom. The smallest absolute Gasteiger partial charge is 0.173 e. The summed E-state index contributed by atoms with van der Waals surface area (Å²) in [4.78, 5) is 1.32. The van der Waals surface area contributed by atoms with Crippen LogP contribution in [0.3, 0.4) is 0 Å². The highest BCUT2D eigenvalue weighted by molar-refractivity contribution is 8.04. The molecular weight excluding hydrogens is 346 g/mol. The zero-order chi connectivity index (χ0) is 14.4. The fourth-order valence-electron chi connectivity index (χ4n) is 2.71. The van der Waals surface area contributed by atoms with E-state index in [1.165, 1.54) is 31.5 Å². The second-order valence-electron chi connectivity index (χ2n) is 5.23. The van der Waals surface area contributed by atoms with Gasteiger partial charge in [-0.2, -0.15) is 20.1 Å². The highest BCUT2D eigenvalue weighted by Gasteiger charge is 2.22. The number of aromatic nitrogens is 2. The number of hydrogen-bond donors (Lipinski definition) is 0. The average molecular weight is 358 g/mol. The Hall–Kier alpha value is -0.105. The van der Waals surface area contributed by atoms with Crippen molar-refractivity contribution in [1.82, 2.24) is 8.75 Å². The van der Waals surface area contributed by atoms with Gasteiger partial charge in [0.1, 0.15) is 11.0 Å². The molecule has 0 saturated carbocycles. The van der Waals surface area contributed by atoms with Gasteiger partial charge in [-0.05, 0) is 18.1 Å². The van der Waals surface area contributed by atoms with Crippen molar-refractivity contribution in [3.8, 4) is 10.4 Å². The van der Waals surface area contributed by atoms with E-state index in [9.17, 15) is 0 Å². The van der Waals surface area contributed by atoms with Gasteiger partial charge in [0.25, 0.3) is 32.6 Å². The number of benzene rings is 1. The Morgan fingerprint density at radius 1 is 1.05 bits per heavy atom. The van der Waals surface area contributed by atoms with Gasteiger partial charge in [0.2, 0.25) is 0 Å². The van der Waals surface area contributed by atoms with Crippen molar-refractivity contribution >= 4 is 82.2 Å². The van der Waals surface area contributed by atoms with Crippen LogP contribution in [0.25, 0.3) is 21.5 Å². The number of thioether (sulfide) groups is 1. The van der Waals surface area contributed by atoms with Gasteiger partial charge in [-0.1, -0.05) is 31.8 Å². The summed E-state index contributed by atoms with van der Waals surface area (Å²) in [6.07, 6.45) is 3.52. The molecule has 0 bridgehead atoms. The summed E-state index contributed by atoms with van der Waals surface area (Å²) in [6.45, 7) is 0. The van der Waals surface area contributed by atoms with Crippen LogP contribution in [-0.2, 0) is 0 Å². The predicted octanol–water partition coefficient (Wildman–Crippen LogP) is 2.33. The lowest BCUT2D eigenvalue weighted by atomic mass is 10.0. The summed E-state index contributed by atoms with van der Waals surface area (Å²) >= 11 is 7.51. The Labute approximate surface area is 151 Å². The van der Waals surface area contributed by atoms with Crippen LogP contribution in [0, 0.1) is 0 Å². The van der Waals surface area contributed by atoms with Gasteiger partial charge in [0, 0.05) is 15.7 Å². The Balaban J connectivity index is 1.84. The molecule has 0 amide bonds. The third kappa shape index (κ3) is 2.66. The van der Waals surface area contributed by atoms with Gasteiger partial charge in [-0.3, -0.25) is 0 Å². The zero-order valence-corrected chi connectivity index (χ0v) is 18.2. The molecule has 3 aromatic rings. The highest BCUT2D eigenvalue weighted by atomic mass is 32.2. The van der Waals surface area contributed by atoms with E-state index >= 15 is 0 Å². The monoisotopic (exact) mass is 358 g/mol. The quantitative estimate of drug-likeness (QED) is 0.658. The molecule has 1 atom stereocenters. The van der Waals surface area contributed by atoms with Crippen LogP contribution in [-0.4, -0.2) is 41.3 Å². The van der Waals surface area contributed by atoms with Gasteiger partial charge < -0.3 is 0 Å². The molecule has 3 heterocycles. The van der Waals surface area contributed by atoms with Crippen LogP contribution in [0.15, 0.2) is 34.1 Å². The molecule has 21 heavy (non-hydrogen) atoms. The third-order valence-corrected chi connectivity index (χ3v) is 8.64. The molecule has 0 spiro atoms. The number of rotatable bonds is 2. The first-order valence-electron chi connectivity index (χ1n) is 6.88. The van der Waals surface area contributed by atoms with Gasteiger partial charge in [-0.25, -0.2) is 0 Å². The molecule has 7 heteroatoms. The van der Waals surface area contributed by atoms with Gasteiger partial charge in [0.05, 0.1) is 11.7 Å². The zero-order valence-electron chi connectivity index (χ0n) is 11.8. The van der Waals surface area contributed by atoms with Crippen molar-refractivity contribution in [1.29, 1.82) is 0 Å². The van der Waals surface area contributed by atoms with Crippen molar-refractivity contribution in [2.45, 2.75) is 11.7 Å². The fraction of sp³-hybridized carbons (Fsp3) is 0.143. The predicted molar refractivity (Wildman–Crippen MR) is 100 cm³/mol. The van der Waals surface area contributed by atoms with Gasteiger partial charge in [0.15, 0.2) is 0 Å². The lowest BCUT2D eigenvalue weighted by molar-refractivity contribution is 0.999. The fourth-order valence-corrected chi connectivity index (χ4v) is 7.25. The van der Waals surface area contributed by atoms with E-state index in [-0.39, 0.29) is 0 Å². The van der Waals surface area contributed by atoms with E-state index < -0.39 is 0 Å². The first-order valence-corrected chi connectivity index (χ1v) is 11.3. The molecule has 1 unspecified atom stereocenters. The van der Waals surface area contributed by atoms with Crippen LogP contribution in [0.4, 0.5) is 0 Å². The van der Waals surface area contributed by atoms with E-state index in [2.05, 4.69) is 39.1 Å². The Kier molecular flexibility index (Phi) is 4.02. The number of hydrogen-bond acceptors (Lipinski definition) is 5. The molecule has 0 saturated heterocycles. The number of allylic oxidation sites excluding steroid dienone is 1. The van der Waals surface area contributed by atoms with Gasteiger partial charge in [-0.15, -0.1) is 11.8 Å². The lowest BCUT2D eigenvalue weighted by Crippen LogP contribution is -1.92. The number of nitrogens with zero attached hydrogens (tertiary/aromatic N) is 2. The van der Waals surface area contributed by atoms with Crippen molar-refractivity contribution in [3.05, 3.63) is 39.7 Å². The molecule has 0 N–H and O–H groups in total. The maximum atomic E-state index is 4.60. The maximum Gasteiger partial charge on any atom is 0.275 e. The molecule has 0 radical (unpaired) electrons. The van der Waals surface area contributed by atoms with Crippen molar-refractivity contribution in [2.75, 3.05) is 0 Å². The van der Waals surface area contributed by atoms with E-state index in [0.717, 1.165) is 50.0 Å². The second-order valence-corrected chi connectivity index (χ2v) is 12.1. The summed E-state index contributed by atoms with van der Waals surface area (Å²) in [7, 11) is 0. The van der Waals surface area contributed by atoms with Crippen molar-refractivity contribution < 1.29 is 0 Å². The minimum atomic E-state index is 0.537. The highest BCUT2D eigenvalue weighted by Crippen LogP contribution is 2.45. The molecule has 0 fully saturated rings. The van der Waals surface area contributed by atoms with E-state index in [0.29, 0.717) is 5.25 Å². The molecule has 102 valence electrons. The molecule has 2 nitrogen and oxygen atoms in total. The molecule has 1 aliphatic rings. The molecule has 0 aliphatic carbocycles. The van der Waals surface area contributed by atoms with E-state index in [1.807, 2.05) is 23.1 Å². The molecular formula is C14H12Al2N2S3. The first-order chi connectivity index (χ1) is 10.2. The normalized spacial score (nSPS) is 18.3. The summed E-state index contributed by atoms with van der Waals surface area (Å²) < 4.78 is 12.2. The van der Waals surface area contributed by atoms with Crippen molar-refractivity contribution in [2.24, 2.45) is 0 Å². The van der Waals surface area contributed by atoms with Gasteiger partial charge >= 0.3 is 0 Å². The van der Waals surface area contributed by atoms with Crippen molar-refractivity contribution in [3.63, 3.8) is 0 Å². The van der Waals surface area contributed by atoms with E-state index in [4.69, 9.17) is 0 Å². The topological polar surface area (TPSA) is 25.8 Å². The maximum absolute atomic E-state index is 4.60. The van der Waals surface area contributed by atoms with Crippen LogP contribution in [0.1, 0.15) is 17.2 Å². The number of fused-ring (bicyclic) bond motifs is 1.